The third-order valence-electron chi connectivity index (χ3n) is 0.167. The van der Waals surface area contributed by atoms with Crippen LogP contribution in [0.4, 0.5) is 0 Å². The van der Waals surface area contributed by atoms with E-state index in [-0.39, 0.29) is 11.6 Å². The fraction of sp³-hybridized carbons (Fsp3) is 0. The molecule has 0 spiro atoms. The Morgan fingerprint density at radius 1 is 1.00 bits per heavy atom. The smallest absolute Gasteiger partial charge is 0.0870 e. The molecule has 8 heavy (non-hydrogen) atoms. The third-order valence-corrected chi connectivity index (χ3v) is 0.167. The minimum absolute atomic E-state index is 0. The van der Waals surface area contributed by atoms with E-state index >= 15 is 0 Å². The highest BCUT2D eigenvalue weighted by Gasteiger charge is 1.74. The molecule has 6 heteroatoms. The highest BCUT2D eigenvalue weighted by Crippen LogP contribution is 1.41. The number of aliphatic carboxylic acids is 2. The van der Waals surface area contributed by atoms with Crippen molar-refractivity contribution in [2.45, 2.75) is 0 Å². The highest BCUT2D eigenvalue weighted by molar-refractivity contribution is 6.25. The molecule has 0 atom stereocenters. The van der Waals surface area contributed by atoms with Crippen molar-refractivity contribution in [3.63, 3.8) is 0 Å². The summed E-state index contributed by atoms with van der Waals surface area (Å²) in [7, 11) is 0. The third kappa shape index (κ3) is 8.85. The first-order valence-corrected chi connectivity index (χ1v) is 1.07. The van der Waals surface area contributed by atoms with Gasteiger partial charge in [0.15, 0.2) is 0 Å². The van der Waals surface area contributed by atoms with Gasteiger partial charge in [-0.05, 0) is 0 Å². The number of carbonyl (C=O) groups excluding carboxylic acids is 2. The number of rotatable bonds is 0. The van der Waals surface area contributed by atoms with Gasteiger partial charge in [-0.1, -0.05) is 0 Å². The predicted molar refractivity (Wildman–Crippen MR) is 19.6 cm³/mol. The number of carboxylic acids is 2. The van der Waals surface area contributed by atoms with Crippen molar-refractivity contribution >= 4 is 11.9 Å². The Labute approximate surface area is 44.6 Å². The van der Waals surface area contributed by atoms with E-state index in [4.69, 9.17) is 19.8 Å². The van der Waals surface area contributed by atoms with E-state index in [0.29, 0.717) is 0 Å². The van der Waals surface area contributed by atoms with Crippen molar-refractivity contribution in [1.29, 1.82) is 0 Å². The molecule has 0 bridgehead atoms. The maximum atomic E-state index is 8.93. The van der Waals surface area contributed by atoms with Gasteiger partial charge < -0.3 is 31.4 Å². The van der Waals surface area contributed by atoms with E-state index < -0.39 is 11.9 Å². The van der Waals surface area contributed by atoms with Crippen LogP contribution in [0.3, 0.4) is 0 Å². The van der Waals surface area contributed by atoms with Gasteiger partial charge in [-0.15, -0.1) is 0 Å². The summed E-state index contributed by atoms with van der Waals surface area (Å²) in [6.45, 7) is 0. The number of quaternary nitrogens is 1. The molecule has 0 amide bonds. The molecule has 0 radical (unpaired) electrons. The topological polar surface area (TPSA) is 148 Å². The maximum absolute atomic E-state index is 8.93. The van der Waals surface area contributed by atoms with Crippen LogP contribution < -0.4 is 16.4 Å². The Hall–Kier alpha value is -1.14. The van der Waals surface area contributed by atoms with Crippen LogP contribution in [0, 0.1) is 0 Å². The molecule has 0 aliphatic carbocycles. The van der Waals surface area contributed by atoms with Gasteiger partial charge >= 0.3 is 0 Å². The Morgan fingerprint density at radius 3 is 1.12 bits per heavy atom. The number of hydrogen-bond donors (Lipinski definition) is 1. The average Bonchev–Trinajstić information content (AvgIpc) is 1.36. The van der Waals surface area contributed by atoms with Crippen LogP contribution in [0.15, 0.2) is 0 Å². The van der Waals surface area contributed by atoms with Crippen LogP contribution in [-0.2, 0) is 9.59 Å². The standard InChI is InChI=1S/C2H2O4.H3N.H2O/c3-1(4)2(5)6;;/h(H,3,4)(H,5,6);1H3;1H2/p-1. The van der Waals surface area contributed by atoms with E-state index in [1.165, 1.54) is 0 Å². The maximum Gasteiger partial charge on any atom is 0.0870 e. The van der Waals surface area contributed by atoms with Gasteiger partial charge in [0, 0.05) is 0 Å². The van der Waals surface area contributed by atoms with Gasteiger partial charge in [-0.2, -0.15) is 0 Å². The highest BCUT2D eigenvalue weighted by atomic mass is 16.4. The molecular weight excluding hydrogens is 118 g/mol. The molecule has 0 saturated carbocycles. The van der Waals surface area contributed by atoms with Crippen LogP contribution in [0.25, 0.3) is 0 Å². The molecule has 0 fully saturated rings. The van der Waals surface area contributed by atoms with Crippen LogP contribution in [0.1, 0.15) is 0 Å². The van der Waals surface area contributed by atoms with Crippen molar-refractivity contribution in [2.24, 2.45) is 0 Å². The molecule has 6 N–H and O–H groups in total. The first kappa shape index (κ1) is 15.8. The number of hydrogen-bond acceptors (Lipinski definition) is 4. The number of carboxylic acid groups (broad SMARTS) is 2. The zero-order chi connectivity index (χ0) is 5.15. The average molecular weight is 124 g/mol. The van der Waals surface area contributed by atoms with E-state index in [1.807, 2.05) is 0 Å². The minimum Gasteiger partial charge on any atom is -0.543 e. The lowest BCUT2D eigenvalue weighted by Gasteiger charge is -1.97. The van der Waals surface area contributed by atoms with Gasteiger partial charge in [0.1, 0.15) is 0 Å². The molecule has 0 aromatic carbocycles. The molecule has 0 heterocycles. The molecule has 0 unspecified atom stereocenters. The van der Waals surface area contributed by atoms with Crippen LogP contribution in [0.5, 0.6) is 0 Å². The lowest BCUT2D eigenvalue weighted by molar-refractivity contribution is -0.345. The first-order valence-electron chi connectivity index (χ1n) is 1.07. The number of carbonyl (C=O) groups is 2. The summed E-state index contributed by atoms with van der Waals surface area (Å²) in [5, 5.41) is 17.9. The van der Waals surface area contributed by atoms with Gasteiger partial charge in [-0.25, -0.2) is 0 Å². The molecule has 0 aliphatic heterocycles. The Balaban J connectivity index is -0.000000125. The van der Waals surface area contributed by atoms with Gasteiger partial charge in [0.2, 0.25) is 0 Å². The van der Waals surface area contributed by atoms with Crippen LogP contribution in [0.2, 0.25) is 0 Å². The van der Waals surface area contributed by atoms with E-state index in [0.717, 1.165) is 0 Å². The van der Waals surface area contributed by atoms with Crippen molar-refractivity contribution in [1.82, 2.24) is 6.15 Å². The summed E-state index contributed by atoms with van der Waals surface area (Å²) >= 11 is 0. The van der Waals surface area contributed by atoms with Crippen molar-refractivity contribution in [2.75, 3.05) is 0 Å². The lowest BCUT2D eigenvalue weighted by atomic mass is 10.7. The fourth-order valence-electron chi connectivity index (χ4n) is 0. The predicted octanol–water partition coefficient (Wildman–Crippen LogP) is -3.96. The molecule has 0 rings (SSSR count). The summed E-state index contributed by atoms with van der Waals surface area (Å²) in [6, 6.07) is 0. The fourth-order valence-corrected chi connectivity index (χ4v) is 0. The molecule has 6 nitrogen and oxygen atoms in total. The van der Waals surface area contributed by atoms with E-state index in [1.54, 1.807) is 0 Å². The molecule has 0 saturated heterocycles. The molecule has 0 aromatic heterocycles. The van der Waals surface area contributed by atoms with Gasteiger partial charge in [0.05, 0.1) is 11.9 Å². The Morgan fingerprint density at radius 2 is 1.12 bits per heavy atom. The molecule has 0 aromatic rings. The quantitative estimate of drug-likeness (QED) is 0.328. The Kier molecular flexibility index (Phi) is 11.6. The normalized spacial score (nSPS) is 5.50. The zero-order valence-corrected chi connectivity index (χ0v) is 4.13. The summed E-state index contributed by atoms with van der Waals surface area (Å²) in [5.74, 6) is -4.37. The second kappa shape index (κ2) is 5.86. The van der Waals surface area contributed by atoms with Gasteiger partial charge in [-0.3, -0.25) is 0 Å². The van der Waals surface area contributed by atoms with Crippen molar-refractivity contribution in [3.8, 4) is 0 Å². The van der Waals surface area contributed by atoms with Crippen molar-refractivity contribution in [3.05, 3.63) is 0 Å². The van der Waals surface area contributed by atoms with Crippen LogP contribution in [-0.4, -0.2) is 17.4 Å². The summed E-state index contributed by atoms with van der Waals surface area (Å²) < 4.78 is 0. The first-order chi connectivity index (χ1) is 2.64. The summed E-state index contributed by atoms with van der Waals surface area (Å²) in [6.07, 6.45) is 0. The molecule has 0 aliphatic rings. The minimum atomic E-state index is -2.19. The van der Waals surface area contributed by atoms with Crippen molar-refractivity contribution < 1.29 is 25.3 Å². The summed E-state index contributed by atoms with van der Waals surface area (Å²) in [4.78, 5) is 17.9. The molecule has 50 valence electrons. The SMILES string of the molecule is O.O=C([O-])C(=O)[O-].[NH4+]. The summed E-state index contributed by atoms with van der Waals surface area (Å²) in [5.41, 5.74) is 0. The largest absolute Gasteiger partial charge is 0.543 e. The van der Waals surface area contributed by atoms with E-state index in [2.05, 4.69) is 0 Å². The Bertz CT molecular complexity index is 76.4. The molecular formula is C2H6NO5-. The van der Waals surface area contributed by atoms with E-state index in [9.17, 15) is 0 Å². The monoisotopic (exact) mass is 124 g/mol. The second-order valence-corrected chi connectivity index (χ2v) is 0.575. The zero-order valence-electron chi connectivity index (χ0n) is 4.13. The lowest BCUT2D eigenvalue weighted by Crippen LogP contribution is -2.42. The van der Waals surface area contributed by atoms with Crippen LogP contribution >= 0.6 is 0 Å². The van der Waals surface area contributed by atoms with Gasteiger partial charge in [0.25, 0.3) is 0 Å². The second-order valence-electron chi connectivity index (χ2n) is 0.575.